The van der Waals surface area contributed by atoms with Gasteiger partial charge in [0.2, 0.25) is 0 Å². The number of piperazine rings is 1. The third-order valence-electron chi connectivity index (χ3n) is 7.98. The van der Waals surface area contributed by atoms with Crippen LogP contribution in [0.2, 0.25) is 0 Å². The summed E-state index contributed by atoms with van der Waals surface area (Å²) in [5.41, 5.74) is 4.21. The minimum Gasteiger partial charge on any atom is -0.494 e. The van der Waals surface area contributed by atoms with Crippen LogP contribution in [-0.2, 0) is 0 Å². The van der Waals surface area contributed by atoms with Crippen molar-refractivity contribution in [2.24, 2.45) is 0 Å². The molecule has 37 heavy (non-hydrogen) atoms. The van der Waals surface area contributed by atoms with E-state index in [-0.39, 0.29) is 29.7 Å². The number of hydrogen-bond acceptors (Lipinski definition) is 6. The Labute approximate surface area is 233 Å². The summed E-state index contributed by atoms with van der Waals surface area (Å²) in [7, 11) is 6.13. The fourth-order valence-electron chi connectivity index (χ4n) is 5.63. The zero-order chi connectivity index (χ0) is 24.9. The molecule has 6 rings (SSSR count). The van der Waals surface area contributed by atoms with Gasteiger partial charge in [0.05, 0.1) is 64.1 Å². The summed E-state index contributed by atoms with van der Waals surface area (Å²) in [4.78, 5) is 14.3. The van der Waals surface area contributed by atoms with E-state index in [1.807, 2.05) is 23.0 Å². The van der Waals surface area contributed by atoms with Gasteiger partial charge >= 0.3 is 0 Å². The smallest absolute Gasteiger partial charge is 0.167 e. The maximum atomic E-state index is 14.2. The van der Waals surface area contributed by atoms with Gasteiger partial charge in [0, 0.05) is 55.4 Å². The number of piperidine rings is 1. The highest BCUT2D eigenvalue weighted by Gasteiger charge is 2.31. The van der Waals surface area contributed by atoms with Gasteiger partial charge < -0.3 is 14.1 Å². The number of pyridine rings is 1. The van der Waals surface area contributed by atoms with Crippen LogP contribution in [0.25, 0.3) is 27.7 Å². The van der Waals surface area contributed by atoms with E-state index < -0.39 is 5.82 Å². The lowest BCUT2D eigenvalue weighted by Gasteiger charge is -2.44. The second-order valence-electron chi connectivity index (χ2n) is 10.6. The molecule has 4 aromatic rings. The molecule has 0 bridgehead atoms. The summed E-state index contributed by atoms with van der Waals surface area (Å²) in [5.74, 6) is -0.233. The fourth-order valence-corrected chi connectivity index (χ4v) is 5.63. The van der Waals surface area contributed by atoms with Crippen molar-refractivity contribution in [2.45, 2.75) is 18.9 Å². The summed E-state index contributed by atoms with van der Waals surface area (Å²) in [5, 5.41) is 5.42. The Morgan fingerprint density at radius 1 is 1.00 bits per heavy atom. The Balaban J connectivity index is 0.00000280. The highest BCUT2D eigenvalue weighted by Crippen LogP contribution is 2.34. The van der Waals surface area contributed by atoms with Crippen LogP contribution in [0.4, 0.5) is 10.1 Å². The first-order valence-corrected chi connectivity index (χ1v) is 12.7. The quantitative estimate of drug-likeness (QED) is 0.254. The van der Waals surface area contributed by atoms with Crippen molar-refractivity contribution >= 4 is 46.2 Å². The molecular formula is C27H34FIN7O+. The number of anilines is 1. The van der Waals surface area contributed by atoms with Crippen molar-refractivity contribution in [3.05, 3.63) is 48.8 Å². The van der Waals surface area contributed by atoms with E-state index in [0.29, 0.717) is 11.6 Å². The van der Waals surface area contributed by atoms with E-state index in [1.165, 1.54) is 52.2 Å². The monoisotopic (exact) mass is 618 g/mol. The molecule has 0 radical (unpaired) electrons. The van der Waals surface area contributed by atoms with Gasteiger partial charge in [-0.15, -0.1) is 24.0 Å². The van der Waals surface area contributed by atoms with Crippen LogP contribution < -0.4 is 9.64 Å². The maximum Gasteiger partial charge on any atom is 0.167 e. The van der Waals surface area contributed by atoms with Crippen molar-refractivity contribution < 1.29 is 13.6 Å². The lowest BCUT2D eigenvalue weighted by atomic mass is 10.0. The molecule has 3 aromatic heterocycles. The van der Waals surface area contributed by atoms with Crippen molar-refractivity contribution in [2.75, 3.05) is 65.4 Å². The molecule has 2 fully saturated rings. The first-order valence-electron chi connectivity index (χ1n) is 12.7. The first kappa shape index (κ1) is 26.1. The lowest BCUT2D eigenvalue weighted by molar-refractivity contribution is -0.894. The Morgan fingerprint density at radius 2 is 1.76 bits per heavy atom. The van der Waals surface area contributed by atoms with Crippen molar-refractivity contribution in [1.82, 2.24) is 24.5 Å². The fraction of sp³-hybridized carbons (Fsp3) is 0.444. The number of rotatable bonds is 4. The number of methoxy groups -OCH3 is 1. The van der Waals surface area contributed by atoms with Gasteiger partial charge in [0.25, 0.3) is 0 Å². The van der Waals surface area contributed by atoms with E-state index in [1.54, 1.807) is 12.3 Å². The Bertz CT molecular complexity index is 1410. The molecule has 2 aliphatic heterocycles. The molecule has 2 aliphatic rings. The van der Waals surface area contributed by atoms with E-state index >= 15 is 0 Å². The number of ether oxygens (including phenoxy) is 1. The number of likely N-dealkylation sites (N-methyl/N-ethyl adjacent to an activating group) is 1. The minimum atomic E-state index is -0.427. The van der Waals surface area contributed by atoms with Gasteiger partial charge in [-0.2, -0.15) is 5.10 Å². The Hall–Kier alpha value is -2.57. The van der Waals surface area contributed by atoms with Gasteiger partial charge in [-0.3, -0.25) is 9.88 Å². The van der Waals surface area contributed by atoms with Gasteiger partial charge in [-0.05, 0) is 30.5 Å². The molecule has 10 heteroatoms. The van der Waals surface area contributed by atoms with Gasteiger partial charge in [-0.25, -0.2) is 13.9 Å². The maximum absolute atomic E-state index is 14.2. The summed E-state index contributed by atoms with van der Waals surface area (Å²) in [6.07, 6.45) is 9.88. The number of hydrogen-bond donors (Lipinski definition) is 0. The predicted molar refractivity (Wildman–Crippen MR) is 154 cm³/mol. The topological polar surface area (TPSA) is 58.8 Å². The van der Waals surface area contributed by atoms with Crippen LogP contribution in [0.1, 0.15) is 12.8 Å². The molecule has 0 spiro atoms. The van der Waals surface area contributed by atoms with Crippen LogP contribution >= 0.6 is 24.0 Å². The van der Waals surface area contributed by atoms with Gasteiger partial charge in [0.1, 0.15) is 0 Å². The SMILES string of the molecule is COc1cc2c(-c3cnn4cc(N5CCC(N6CC[N+](C)(C)CC6)CC5)cnc34)ccnc2cc1F.I. The molecule has 5 heterocycles. The molecule has 0 N–H and O–H groups in total. The number of halogens is 2. The molecular weight excluding hydrogens is 584 g/mol. The zero-order valence-electron chi connectivity index (χ0n) is 21.6. The molecule has 0 amide bonds. The van der Waals surface area contributed by atoms with Crippen LogP contribution in [0.5, 0.6) is 5.75 Å². The zero-order valence-corrected chi connectivity index (χ0v) is 23.9. The van der Waals surface area contributed by atoms with Crippen LogP contribution in [-0.4, -0.2) is 95.5 Å². The number of quaternary nitrogens is 1. The summed E-state index contributed by atoms with van der Waals surface area (Å²) >= 11 is 0. The van der Waals surface area contributed by atoms with E-state index in [4.69, 9.17) is 9.72 Å². The third kappa shape index (κ3) is 4.98. The number of aromatic nitrogens is 4. The normalized spacial score (nSPS) is 18.8. The highest BCUT2D eigenvalue weighted by atomic mass is 127. The molecule has 2 saturated heterocycles. The Morgan fingerprint density at radius 3 is 2.49 bits per heavy atom. The van der Waals surface area contributed by atoms with Gasteiger partial charge in [0.15, 0.2) is 17.2 Å². The summed E-state index contributed by atoms with van der Waals surface area (Å²) in [6.45, 7) is 6.92. The van der Waals surface area contributed by atoms with Crippen molar-refractivity contribution in [3.8, 4) is 16.9 Å². The Kier molecular flexibility index (Phi) is 7.25. The molecule has 0 unspecified atom stereocenters. The van der Waals surface area contributed by atoms with E-state index in [2.05, 4.69) is 40.2 Å². The largest absolute Gasteiger partial charge is 0.494 e. The number of nitrogens with zero attached hydrogens (tertiary/aromatic N) is 7. The summed E-state index contributed by atoms with van der Waals surface area (Å²) < 4.78 is 22.4. The first-order chi connectivity index (χ1) is 17.4. The van der Waals surface area contributed by atoms with Gasteiger partial charge in [-0.1, -0.05) is 0 Å². The molecule has 8 nitrogen and oxygen atoms in total. The summed E-state index contributed by atoms with van der Waals surface area (Å²) in [6, 6.07) is 5.69. The second kappa shape index (κ2) is 10.3. The van der Waals surface area contributed by atoms with Crippen molar-refractivity contribution in [1.29, 1.82) is 0 Å². The van der Waals surface area contributed by atoms with E-state index in [9.17, 15) is 4.39 Å². The standard InChI is InChI=1S/C27H33FN7O.HI/c1-35(2)12-10-33(11-13-35)19-5-8-32(9-6-19)20-16-30-27-23(17-31-34(27)18-20)21-4-7-29-25-15-24(28)26(36-3)14-22(21)25;/h4,7,14-19H,5-6,8-13H2,1-3H3;1H/q+1;. The van der Waals surface area contributed by atoms with Crippen LogP contribution in [0.15, 0.2) is 43.0 Å². The highest BCUT2D eigenvalue weighted by molar-refractivity contribution is 14.0. The molecule has 0 aliphatic carbocycles. The molecule has 0 saturated carbocycles. The molecule has 0 atom stereocenters. The average molecular weight is 619 g/mol. The number of fused-ring (bicyclic) bond motifs is 2. The van der Waals surface area contributed by atoms with Crippen molar-refractivity contribution in [3.63, 3.8) is 0 Å². The van der Waals surface area contributed by atoms with Crippen LogP contribution in [0, 0.1) is 5.82 Å². The lowest BCUT2D eigenvalue weighted by Crippen LogP contribution is -2.58. The number of benzene rings is 1. The average Bonchev–Trinajstić information content (AvgIpc) is 3.31. The predicted octanol–water partition coefficient (Wildman–Crippen LogP) is 4.07. The third-order valence-corrected chi connectivity index (χ3v) is 7.98. The molecule has 1 aromatic carbocycles. The minimum absolute atomic E-state index is 0. The van der Waals surface area contributed by atoms with E-state index in [0.717, 1.165) is 45.4 Å². The molecule has 196 valence electrons. The van der Waals surface area contributed by atoms with Crippen LogP contribution in [0.3, 0.4) is 0 Å². The second-order valence-corrected chi connectivity index (χ2v) is 10.6.